The summed E-state index contributed by atoms with van der Waals surface area (Å²) in [6.45, 7) is 4.87. The van der Waals surface area contributed by atoms with Gasteiger partial charge in [-0.2, -0.15) is 0 Å². The third-order valence-electron chi connectivity index (χ3n) is 3.61. The minimum Gasteiger partial charge on any atom is -0.496 e. The summed E-state index contributed by atoms with van der Waals surface area (Å²) in [5.74, 6) is 1.23. The van der Waals surface area contributed by atoms with Gasteiger partial charge >= 0.3 is 0 Å². The van der Waals surface area contributed by atoms with E-state index in [4.69, 9.17) is 15.2 Å². The van der Waals surface area contributed by atoms with E-state index in [9.17, 15) is 0 Å². The molecule has 1 aromatic carbocycles. The first-order valence-electron chi connectivity index (χ1n) is 6.24. The van der Waals surface area contributed by atoms with Crippen LogP contribution in [0.15, 0.2) is 16.6 Å². The highest BCUT2D eigenvalue weighted by Crippen LogP contribution is 2.36. The SMILES string of the molecule is COc1cc(C)c(Br)cc1C(N)C1COC(C)C1. The van der Waals surface area contributed by atoms with Crippen LogP contribution < -0.4 is 10.5 Å². The average molecular weight is 314 g/mol. The molecule has 18 heavy (non-hydrogen) atoms. The molecule has 1 heterocycles. The van der Waals surface area contributed by atoms with Crippen molar-refractivity contribution < 1.29 is 9.47 Å². The number of rotatable bonds is 3. The van der Waals surface area contributed by atoms with E-state index in [0.29, 0.717) is 12.0 Å². The Morgan fingerprint density at radius 2 is 2.22 bits per heavy atom. The smallest absolute Gasteiger partial charge is 0.123 e. The molecule has 0 aromatic heterocycles. The fraction of sp³-hybridized carbons (Fsp3) is 0.571. The predicted octanol–water partition coefficient (Wildman–Crippen LogP) is 3.19. The molecule has 0 aliphatic carbocycles. The zero-order valence-electron chi connectivity index (χ0n) is 11.1. The molecule has 4 heteroatoms. The minimum atomic E-state index is -0.0400. The Bertz CT molecular complexity index is 436. The van der Waals surface area contributed by atoms with Gasteiger partial charge < -0.3 is 15.2 Å². The van der Waals surface area contributed by atoms with Crippen molar-refractivity contribution in [3.05, 3.63) is 27.7 Å². The van der Waals surface area contributed by atoms with Crippen molar-refractivity contribution in [1.82, 2.24) is 0 Å². The maximum Gasteiger partial charge on any atom is 0.123 e. The van der Waals surface area contributed by atoms with E-state index >= 15 is 0 Å². The Labute approximate surface area is 117 Å². The molecule has 3 atom stereocenters. The quantitative estimate of drug-likeness (QED) is 0.932. The lowest BCUT2D eigenvalue weighted by molar-refractivity contribution is 0.118. The Hall–Kier alpha value is -0.580. The molecule has 2 N–H and O–H groups in total. The summed E-state index contributed by atoms with van der Waals surface area (Å²) in [6.07, 6.45) is 1.32. The van der Waals surface area contributed by atoms with Crippen molar-refractivity contribution in [2.45, 2.75) is 32.4 Å². The van der Waals surface area contributed by atoms with Gasteiger partial charge in [0.05, 0.1) is 19.8 Å². The summed E-state index contributed by atoms with van der Waals surface area (Å²) in [4.78, 5) is 0. The van der Waals surface area contributed by atoms with Crippen LogP contribution in [0.1, 0.15) is 30.5 Å². The van der Waals surface area contributed by atoms with Gasteiger partial charge in [-0.1, -0.05) is 15.9 Å². The van der Waals surface area contributed by atoms with E-state index in [2.05, 4.69) is 28.9 Å². The molecule has 1 saturated heterocycles. The molecule has 0 amide bonds. The van der Waals surface area contributed by atoms with Crippen LogP contribution in [-0.2, 0) is 4.74 Å². The van der Waals surface area contributed by atoms with Gasteiger partial charge in [0, 0.05) is 22.0 Å². The van der Waals surface area contributed by atoms with Gasteiger partial charge in [-0.3, -0.25) is 0 Å². The van der Waals surface area contributed by atoms with E-state index < -0.39 is 0 Å². The second-order valence-electron chi connectivity index (χ2n) is 5.01. The second kappa shape index (κ2) is 5.59. The molecule has 3 nitrogen and oxygen atoms in total. The first kappa shape index (κ1) is 13.8. The van der Waals surface area contributed by atoms with Crippen LogP contribution in [0.2, 0.25) is 0 Å². The normalized spacial score (nSPS) is 25.2. The lowest BCUT2D eigenvalue weighted by Crippen LogP contribution is -2.22. The molecule has 1 aliphatic rings. The highest BCUT2D eigenvalue weighted by molar-refractivity contribution is 9.10. The lowest BCUT2D eigenvalue weighted by Gasteiger charge is -2.21. The van der Waals surface area contributed by atoms with Crippen molar-refractivity contribution in [2.75, 3.05) is 13.7 Å². The monoisotopic (exact) mass is 313 g/mol. The predicted molar refractivity (Wildman–Crippen MR) is 75.9 cm³/mol. The molecule has 1 aromatic rings. The van der Waals surface area contributed by atoms with Crippen LogP contribution >= 0.6 is 15.9 Å². The molecule has 100 valence electrons. The van der Waals surface area contributed by atoms with Gasteiger partial charge in [-0.15, -0.1) is 0 Å². The first-order valence-corrected chi connectivity index (χ1v) is 7.03. The number of methoxy groups -OCH3 is 1. The van der Waals surface area contributed by atoms with Crippen molar-refractivity contribution in [3.63, 3.8) is 0 Å². The van der Waals surface area contributed by atoms with Crippen molar-refractivity contribution >= 4 is 15.9 Å². The van der Waals surface area contributed by atoms with Gasteiger partial charge in [-0.25, -0.2) is 0 Å². The van der Waals surface area contributed by atoms with Crippen molar-refractivity contribution in [2.24, 2.45) is 11.7 Å². The number of benzene rings is 1. The van der Waals surface area contributed by atoms with Crippen LogP contribution in [0.5, 0.6) is 5.75 Å². The Morgan fingerprint density at radius 1 is 1.50 bits per heavy atom. The fourth-order valence-corrected chi connectivity index (χ4v) is 2.82. The summed E-state index contributed by atoms with van der Waals surface area (Å²) in [5.41, 5.74) is 8.58. The maximum absolute atomic E-state index is 6.38. The molecular formula is C14H20BrNO2. The fourth-order valence-electron chi connectivity index (χ4n) is 2.46. The van der Waals surface area contributed by atoms with Crippen LogP contribution in [0.25, 0.3) is 0 Å². The standard InChI is InChI=1S/C14H20BrNO2/c1-8-4-13(17-3)11(6-12(8)15)14(16)10-5-9(2)18-7-10/h4,6,9-10,14H,5,7,16H2,1-3H3. The second-order valence-corrected chi connectivity index (χ2v) is 5.86. The first-order chi connectivity index (χ1) is 8.52. The Kier molecular flexibility index (Phi) is 4.30. The zero-order chi connectivity index (χ0) is 13.3. The summed E-state index contributed by atoms with van der Waals surface area (Å²) < 4.78 is 12.1. The van der Waals surface area contributed by atoms with Crippen LogP contribution in [0.3, 0.4) is 0 Å². The average Bonchev–Trinajstić information content (AvgIpc) is 2.78. The maximum atomic E-state index is 6.38. The highest BCUT2D eigenvalue weighted by atomic mass is 79.9. The number of halogens is 1. The van der Waals surface area contributed by atoms with Crippen molar-refractivity contribution in [1.29, 1.82) is 0 Å². The lowest BCUT2D eigenvalue weighted by atomic mass is 9.91. The highest BCUT2D eigenvalue weighted by Gasteiger charge is 2.30. The molecule has 0 radical (unpaired) electrons. The van der Waals surface area contributed by atoms with E-state index in [1.165, 1.54) is 0 Å². The van der Waals surface area contributed by atoms with E-state index in [0.717, 1.165) is 34.4 Å². The molecule has 1 aliphatic heterocycles. The van der Waals surface area contributed by atoms with Gasteiger partial charge in [0.25, 0.3) is 0 Å². The molecule has 0 spiro atoms. The number of nitrogens with two attached hydrogens (primary N) is 1. The molecule has 0 saturated carbocycles. The minimum absolute atomic E-state index is 0.0400. The topological polar surface area (TPSA) is 44.5 Å². The number of aryl methyl sites for hydroxylation is 1. The van der Waals surface area contributed by atoms with Gasteiger partial charge in [0.15, 0.2) is 0 Å². The molecule has 0 bridgehead atoms. The van der Waals surface area contributed by atoms with Crippen LogP contribution in [0.4, 0.5) is 0 Å². The third-order valence-corrected chi connectivity index (χ3v) is 4.46. The van der Waals surface area contributed by atoms with Gasteiger partial charge in [0.1, 0.15) is 5.75 Å². The Balaban J connectivity index is 2.29. The van der Waals surface area contributed by atoms with E-state index in [-0.39, 0.29) is 6.04 Å². The van der Waals surface area contributed by atoms with Gasteiger partial charge in [0.2, 0.25) is 0 Å². The molecule has 3 unspecified atom stereocenters. The summed E-state index contributed by atoms with van der Waals surface area (Å²) >= 11 is 3.56. The van der Waals surface area contributed by atoms with Crippen LogP contribution in [-0.4, -0.2) is 19.8 Å². The third kappa shape index (κ3) is 2.71. The zero-order valence-corrected chi connectivity index (χ0v) is 12.7. The van der Waals surface area contributed by atoms with Crippen molar-refractivity contribution in [3.8, 4) is 5.75 Å². The largest absolute Gasteiger partial charge is 0.496 e. The summed E-state index contributed by atoms with van der Waals surface area (Å²) in [6, 6.07) is 4.06. The van der Waals surface area contributed by atoms with E-state index in [1.54, 1.807) is 7.11 Å². The van der Waals surface area contributed by atoms with E-state index in [1.807, 2.05) is 13.0 Å². The summed E-state index contributed by atoms with van der Waals surface area (Å²) in [7, 11) is 1.69. The number of ether oxygens (including phenoxy) is 2. The molecule has 2 rings (SSSR count). The number of hydrogen-bond acceptors (Lipinski definition) is 3. The number of hydrogen-bond donors (Lipinski definition) is 1. The molecular weight excluding hydrogens is 294 g/mol. The molecule has 1 fully saturated rings. The van der Waals surface area contributed by atoms with Gasteiger partial charge in [-0.05, 0) is 38.0 Å². The summed E-state index contributed by atoms with van der Waals surface area (Å²) in [5, 5.41) is 0. The van der Waals surface area contributed by atoms with Crippen LogP contribution in [0, 0.1) is 12.8 Å². The Morgan fingerprint density at radius 3 is 2.78 bits per heavy atom.